The van der Waals surface area contributed by atoms with Gasteiger partial charge in [-0.15, -0.1) is 0 Å². The van der Waals surface area contributed by atoms with Gasteiger partial charge in [-0.1, -0.05) is 0 Å². The Hall–Kier alpha value is -2.83. The van der Waals surface area contributed by atoms with Crippen LogP contribution in [0.3, 0.4) is 0 Å². The van der Waals surface area contributed by atoms with Crippen molar-refractivity contribution in [1.82, 2.24) is 19.7 Å². The summed E-state index contributed by atoms with van der Waals surface area (Å²) in [6, 6.07) is 6.90. The molecule has 7 nitrogen and oxygen atoms in total. The lowest BCUT2D eigenvalue weighted by Crippen LogP contribution is -2.32. The quantitative estimate of drug-likeness (QED) is 0.629. The van der Waals surface area contributed by atoms with Crippen molar-refractivity contribution in [1.29, 1.82) is 0 Å². The average Bonchev–Trinajstić information content (AvgIpc) is 2.83. The molecule has 19 heavy (non-hydrogen) atoms. The molecule has 0 aliphatic carbocycles. The van der Waals surface area contributed by atoms with E-state index in [0.717, 1.165) is 21.2 Å². The lowest BCUT2D eigenvalue weighted by Gasteiger charge is -2.06. The molecule has 1 aromatic carbocycles. The second kappa shape index (κ2) is 4.13. The number of aromatic nitrogens is 4. The molecule has 2 aromatic heterocycles. The van der Waals surface area contributed by atoms with Gasteiger partial charge in [0.1, 0.15) is 5.82 Å². The summed E-state index contributed by atoms with van der Waals surface area (Å²) in [5.41, 5.74) is 0.857. The molecule has 0 atom stereocenters. The number of hydrogen-bond donors (Lipinski definition) is 3. The van der Waals surface area contributed by atoms with Crippen molar-refractivity contribution in [2.45, 2.75) is 0 Å². The predicted octanol–water partition coefficient (Wildman–Crippen LogP) is 0.693. The average molecular weight is 257 g/mol. The topological polar surface area (TPSA) is 95.6 Å². The fourth-order valence-electron chi connectivity index (χ4n) is 1.80. The van der Waals surface area contributed by atoms with Crippen molar-refractivity contribution in [3.63, 3.8) is 0 Å². The molecule has 0 amide bonds. The molecule has 0 saturated heterocycles. The molecule has 3 aromatic rings. The Morgan fingerprint density at radius 3 is 2.89 bits per heavy atom. The van der Waals surface area contributed by atoms with E-state index in [0.29, 0.717) is 5.82 Å². The van der Waals surface area contributed by atoms with Crippen LogP contribution < -0.4 is 16.6 Å². The normalized spacial score (nSPS) is 10.8. The number of benzene rings is 1. The van der Waals surface area contributed by atoms with E-state index in [-0.39, 0.29) is 5.56 Å². The van der Waals surface area contributed by atoms with E-state index in [2.05, 4.69) is 20.5 Å². The maximum absolute atomic E-state index is 11.5. The molecule has 0 bridgehead atoms. The van der Waals surface area contributed by atoms with E-state index in [4.69, 9.17) is 0 Å². The molecular weight excluding hydrogens is 246 g/mol. The first-order valence-corrected chi connectivity index (χ1v) is 5.64. The van der Waals surface area contributed by atoms with Crippen LogP contribution in [-0.2, 0) is 7.05 Å². The maximum atomic E-state index is 11.5. The van der Waals surface area contributed by atoms with Crippen LogP contribution in [0.25, 0.3) is 10.9 Å². The first-order chi connectivity index (χ1) is 9.13. The van der Waals surface area contributed by atoms with Crippen molar-refractivity contribution in [3.05, 3.63) is 51.3 Å². The highest BCUT2D eigenvalue weighted by Crippen LogP contribution is 2.18. The number of H-pyrrole nitrogens is 2. The monoisotopic (exact) mass is 257 g/mol. The van der Waals surface area contributed by atoms with Gasteiger partial charge in [0, 0.05) is 24.2 Å². The fourth-order valence-corrected chi connectivity index (χ4v) is 1.80. The smallest absolute Gasteiger partial charge is 0.329 e. The molecule has 0 fully saturated rings. The molecule has 0 spiro atoms. The van der Waals surface area contributed by atoms with Gasteiger partial charge in [-0.25, -0.2) is 4.79 Å². The van der Waals surface area contributed by atoms with E-state index in [9.17, 15) is 9.59 Å². The molecule has 2 heterocycles. The maximum Gasteiger partial charge on any atom is 0.329 e. The SMILES string of the molecule is Cn1c(=O)cc(Nc2ccc3[nH]ncc3c2)[nH]c1=O. The van der Waals surface area contributed by atoms with Gasteiger partial charge < -0.3 is 5.32 Å². The zero-order valence-corrected chi connectivity index (χ0v) is 10.1. The number of nitrogens with zero attached hydrogens (tertiary/aromatic N) is 2. The van der Waals surface area contributed by atoms with Crippen molar-refractivity contribution in [2.24, 2.45) is 7.05 Å². The summed E-state index contributed by atoms with van der Waals surface area (Å²) in [6.07, 6.45) is 1.70. The van der Waals surface area contributed by atoms with Gasteiger partial charge in [0.2, 0.25) is 0 Å². The van der Waals surface area contributed by atoms with E-state index >= 15 is 0 Å². The summed E-state index contributed by atoms with van der Waals surface area (Å²) < 4.78 is 1.00. The zero-order chi connectivity index (χ0) is 13.4. The first-order valence-electron chi connectivity index (χ1n) is 5.64. The third kappa shape index (κ3) is 2.01. The highest BCUT2D eigenvalue weighted by atomic mass is 16.2. The molecule has 3 N–H and O–H groups in total. The van der Waals surface area contributed by atoms with E-state index in [1.165, 1.54) is 13.1 Å². The minimum atomic E-state index is -0.459. The Bertz CT molecular complexity index is 827. The van der Waals surface area contributed by atoms with Gasteiger partial charge in [0.25, 0.3) is 5.56 Å². The van der Waals surface area contributed by atoms with Crippen molar-refractivity contribution in [3.8, 4) is 0 Å². The second-order valence-corrected chi connectivity index (χ2v) is 4.18. The van der Waals surface area contributed by atoms with Gasteiger partial charge in [0.05, 0.1) is 11.7 Å². The molecule has 7 heteroatoms. The molecule has 0 radical (unpaired) electrons. The lowest BCUT2D eigenvalue weighted by molar-refractivity contribution is 0.778. The number of rotatable bonds is 2. The van der Waals surface area contributed by atoms with E-state index in [1.54, 1.807) is 6.20 Å². The zero-order valence-electron chi connectivity index (χ0n) is 10.1. The minimum absolute atomic E-state index is 0.357. The minimum Gasteiger partial charge on any atom is -0.342 e. The fraction of sp³-hybridized carbons (Fsp3) is 0.0833. The molecule has 0 aliphatic rings. The van der Waals surface area contributed by atoms with Crippen LogP contribution in [0.1, 0.15) is 0 Å². The molecule has 0 saturated carbocycles. The highest BCUT2D eigenvalue weighted by molar-refractivity contribution is 5.82. The van der Waals surface area contributed by atoms with Crippen LogP contribution in [-0.4, -0.2) is 19.7 Å². The van der Waals surface area contributed by atoms with E-state index in [1.807, 2.05) is 18.2 Å². The van der Waals surface area contributed by atoms with Gasteiger partial charge in [-0.2, -0.15) is 5.10 Å². The molecule has 0 aliphatic heterocycles. The standard InChI is InChI=1S/C12H11N5O2/c1-17-11(18)5-10(15-12(17)19)14-8-2-3-9-7(4-8)6-13-16-9/h2-6,14H,1H3,(H,13,16)(H,15,19). The third-order valence-electron chi connectivity index (χ3n) is 2.86. The Morgan fingerprint density at radius 2 is 2.11 bits per heavy atom. The summed E-state index contributed by atoms with van der Waals surface area (Å²) in [7, 11) is 1.42. The Labute approximate surface area is 106 Å². The summed E-state index contributed by atoms with van der Waals surface area (Å²) >= 11 is 0. The Balaban J connectivity index is 2.00. The number of anilines is 2. The Kier molecular flexibility index (Phi) is 2.45. The van der Waals surface area contributed by atoms with Crippen molar-refractivity contribution >= 4 is 22.4 Å². The molecule has 96 valence electrons. The van der Waals surface area contributed by atoms with Gasteiger partial charge in [-0.05, 0) is 18.2 Å². The highest BCUT2D eigenvalue weighted by Gasteiger charge is 2.02. The number of fused-ring (bicyclic) bond motifs is 1. The summed E-state index contributed by atoms with van der Waals surface area (Å²) in [5.74, 6) is 0.357. The van der Waals surface area contributed by atoms with Crippen LogP contribution in [0.15, 0.2) is 40.1 Å². The van der Waals surface area contributed by atoms with Crippen LogP contribution in [0.5, 0.6) is 0 Å². The van der Waals surface area contributed by atoms with Crippen LogP contribution in [0.2, 0.25) is 0 Å². The first kappa shape index (κ1) is 11.3. The van der Waals surface area contributed by atoms with Crippen molar-refractivity contribution in [2.75, 3.05) is 5.32 Å². The van der Waals surface area contributed by atoms with E-state index < -0.39 is 5.69 Å². The number of hydrogen-bond acceptors (Lipinski definition) is 4. The van der Waals surface area contributed by atoms with Gasteiger partial charge in [0.15, 0.2) is 0 Å². The second-order valence-electron chi connectivity index (χ2n) is 4.18. The van der Waals surface area contributed by atoms with Crippen LogP contribution in [0.4, 0.5) is 11.5 Å². The third-order valence-corrected chi connectivity index (χ3v) is 2.86. The largest absolute Gasteiger partial charge is 0.342 e. The molecule has 3 rings (SSSR count). The summed E-state index contributed by atoms with van der Waals surface area (Å²) in [5, 5.41) is 10.7. The van der Waals surface area contributed by atoms with Gasteiger partial charge in [-0.3, -0.25) is 19.4 Å². The molecule has 0 unspecified atom stereocenters. The summed E-state index contributed by atoms with van der Waals surface area (Å²) in [6.45, 7) is 0. The molecular formula is C12H11N5O2. The predicted molar refractivity (Wildman–Crippen MR) is 71.7 cm³/mol. The lowest BCUT2D eigenvalue weighted by atomic mass is 10.2. The summed E-state index contributed by atoms with van der Waals surface area (Å²) in [4.78, 5) is 25.6. The van der Waals surface area contributed by atoms with Gasteiger partial charge >= 0.3 is 5.69 Å². The number of nitrogens with one attached hydrogen (secondary N) is 3. The number of aromatic amines is 2. The van der Waals surface area contributed by atoms with Crippen LogP contribution in [0, 0.1) is 0 Å². The van der Waals surface area contributed by atoms with Crippen molar-refractivity contribution < 1.29 is 0 Å². The van der Waals surface area contributed by atoms with Crippen LogP contribution >= 0.6 is 0 Å². The Morgan fingerprint density at radius 1 is 1.26 bits per heavy atom.